The quantitative estimate of drug-likeness (QED) is 0.495. The largest absolute Gasteiger partial charge is 0.358 e. The molecule has 25 heavy (non-hydrogen) atoms. The first-order chi connectivity index (χ1) is 12.1. The van der Waals surface area contributed by atoms with E-state index in [1.165, 1.54) is 0 Å². The molecule has 1 saturated heterocycles. The number of hydrogen-bond donors (Lipinski definition) is 3. The number of aromatic nitrogens is 1. The summed E-state index contributed by atoms with van der Waals surface area (Å²) >= 11 is 1.70. The van der Waals surface area contributed by atoms with Gasteiger partial charge in [0, 0.05) is 38.1 Å². The molecule has 0 aromatic carbocycles. The number of aryl methyl sites for hydroxylation is 1. The maximum absolute atomic E-state index is 11.5. The third kappa shape index (κ3) is 6.62. The van der Waals surface area contributed by atoms with Crippen LogP contribution in [-0.2, 0) is 17.8 Å². The van der Waals surface area contributed by atoms with Crippen molar-refractivity contribution in [1.29, 1.82) is 0 Å². The van der Waals surface area contributed by atoms with Crippen molar-refractivity contribution in [1.82, 2.24) is 25.8 Å². The van der Waals surface area contributed by atoms with Crippen LogP contribution in [0.3, 0.4) is 0 Å². The second kappa shape index (κ2) is 10.4. The van der Waals surface area contributed by atoms with E-state index in [0.29, 0.717) is 19.1 Å². The molecule has 7 nitrogen and oxygen atoms in total. The maximum Gasteiger partial charge on any atom is 0.233 e. The number of carbonyl (C=O) groups is 1. The molecule has 0 saturated carbocycles. The van der Waals surface area contributed by atoms with Crippen LogP contribution in [0.25, 0.3) is 0 Å². The first-order valence-electron chi connectivity index (χ1n) is 9.05. The van der Waals surface area contributed by atoms with Gasteiger partial charge in [-0.15, -0.1) is 11.3 Å². The molecule has 1 aliphatic rings. The summed E-state index contributed by atoms with van der Waals surface area (Å²) in [5.41, 5.74) is 1.03. The molecule has 140 valence electrons. The van der Waals surface area contributed by atoms with Gasteiger partial charge in [0.25, 0.3) is 0 Å². The molecule has 1 aliphatic heterocycles. The fourth-order valence-electron chi connectivity index (χ4n) is 2.77. The number of likely N-dealkylation sites (N-methyl/N-ethyl adjacent to an activating group) is 1. The smallest absolute Gasteiger partial charge is 0.233 e. The van der Waals surface area contributed by atoms with Crippen LogP contribution in [0.5, 0.6) is 0 Å². The zero-order valence-electron chi connectivity index (χ0n) is 15.5. The average molecular weight is 367 g/mol. The highest BCUT2D eigenvalue weighted by Gasteiger charge is 2.21. The lowest BCUT2D eigenvalue weighted by Crippen LogP contribution is -2.50. The van der Waals surface area contributed by atoms with Gasteiger partial charge in [0.1, 0.15) is 0 Å². The van der Waals surface area contributed by atoms with Crippen LogP contribution in [0.2, 0.25) is 0 Å². The Morgan fingerprint density at radius 1 is 1.40 bits per heavy atom. The van der Waals surface area contributed by atoms with Gasteiger partial charge in [-0.25, -0.2) is 9.98 Å². The van der Waals surface area contributed by atoms with Gasteiger partial charge < -0.3 is 16.0 Å². The number of carbonyl (C=O) groups excluding carboxylic acids is 1. The zero-order valence-corrected chi connectivity index (χ0v) is 16.3. The molecule has 0 atom stereocenters. The van der Waals surface area contributed by atoms with Gasteiger partial charge in [0.05, 0.1) is 23.8 Å². The molecule has 0 radical (unpaired) electrons. The van der Waals surface area contributed by atoms with Crippen LogP contribution >= 0.6 is 11.3 Å². The van der Waals surface area contributed by atoms with E-state index in [1.807, 2.05) is 0 Å². The highest BCUT2D eigenvalue weighted by molar-refractivity contribution is 7.09. The fraction of sp³-hybridized carbons (Fsp3) is 0.706. The van der Waals surface area contributed by atoms with Gasteiger partial charge in [-0.3, -0.25) is 9.69 Å². The Balaban J connectivity index is 1.82. The number of amides is 1. The molecule has 1 fully saturated rings. The van der Waals surface area contributed by atoms with E-state index in [9.17, 15) is 4.79 Å². The van der Waals surface area contributed by atoms with E-state index < -0.39 is 0 Å². The van der Waals surface area contributed by atoms with Crippen molar-refractivity contribution in [2.75, 3.05) is 33.2 Å². The number of piperidine rings is 1. The Labute approximate surface area is 154 Å². The van der Waals surface area contributed by atoms with Crippen LogP contribution in [0.15, 0.2) is 10.4 Å². The first kappa shape index (κ1) is 19.7. The molecule has 2 heterocycles. The predicted octanol–water partition coefficient (Wildman–Crippen LogP) is 0.971. The lowest BCUT2D eigenvalue weighted by Gasteiger charge is -2.32. The average Bonchev–Trinajstić information content (AvgIpc) is 3.09. The number of thiazole rings is 1. The molecule has 8 heteroatoms. The number of hydrogen-bond acceptors (Lipinski definition) is 5. The van der Waals surface area contributed by atoms with Crippen molar-refractivity contribution in [3.8, 4) is 0 Å². The third-order valence-corrected chi connectivity index (χ3v) is 5.26. The molecule has 1 aromatic rings. The van der Waals surface area contributed by atoms with Gasteiger partial charge in [-0.05, 0) is 26.2 Å². The van der Waals surface area contributed by atoms with Crippen LogP contribution < -0.4 is 16.0 Å². The summed E-state index contributed by atoms with van der Waals surface area (Å²) in [7, 11) is 1.68. The minimum Gasteiger partial charge on any atom is -0.358 e. The van der Waals surface area contributed by atoms with Crippen LogP contribution in [0, 0.1) is 0 Å². The summed E-state index contributed by atoms with van der Waals surface area (Å²) in [5.74, 6) is 0.925. The van der Waals surface area contributed by atoms with Gasteiger partial charge in [0.15, 0.2) is 5.96 Å². The molecule has 0 unspecified atom stereocenters. The predicted molar refractivity (Wildman–Crippen MR) is 103 cm³/mol. The Kier molecular flexibility index (Phi) is 8.14. The van der Waals surface area contributed by atoms with Crippen LogP contribution in [-0.4, -0.2) is 61.0 Å². The number of guanidine groups is 1. The van der Waals surface area contributed by atoms with Gasteiger partial charge in [-0.2, -0.15) is 0 Å². The van der Waals surface area contributed by atoms with Crippen molar-refractivity contribution in [3.05, 3.63) is 16.1 Å². The summed E-state index contributed by atoms with van der Waals surface area (Å²) in [5, 5.41) is 12.8. The van der Waals surface area contributed by atoms with Crippen molar-refractivity contribution in [3.63, 3.8) is 0 Å². The molecular formula is C17H30N6OS. The van der Waals surface area contributed by atoms with E-state index in [1.54, 1.807) is 18.4 Å². The van der Waals surface area contributed by atoms with E-state index in [4.69, 9.17) is 0 Å². The lowest BCUT2D eigenvalue weighted by molar-refractivity contribution is -0.122. The van der Waals surface area contributed by atoms with Gasteiger partial charge >= 0.3 is 0 Å². The first-order valence-corrected chi connectivity index (χ1v) is 9.93. The topological polar surface area (TPSA) is 81.7 Å². The maximum atomic E-state index is 11.5. The molecular weight excluding hydrogens is 336 g/mol. The summed E-state index contributed by atoms with van der Waals surface area (Å²) in [6, 6.07) is 0.389. The number of likely N-dealkylation sites (tertiary alicyclic amines) is 1. The normalized spacial score (nSPS) is 16.7. The molecule has 1 amide bonds. The number of rotatable bonds is 7. The van der Waals surface area contributed by atoms with E-state index >= 15 is 0 Å². The second-order valence-corrected chi connectivity index (χ2v) is 7.09. The molecule has 2 rings (SSSR count). The summed E-state index contributed by atoms with van der Waals surface area (Å²) in [6.45, 7) is 7.96. The molecule has 3 N–H and O–H groups in total. The monoisotopic (exact) mass is 366 g/mol. The number of nitrogens with zero attached hydrogens (tertiary/aromatic N) is 3. The van der Waals surface area contributed by atoms with E-state index in [-0.39, 0.29) is 5.91 Å². The standard InChI is InChI=1S/C17H30N6OS/c1-4-16-21-14(12-25-16)10-20-17(19-5-2)22-13-6-8-23(9-7-13)11-15(24)18-3/h12-13H,4-11H2,1-3H3,(H,18,24)(H2,19,20,22). The van der Waals surface area contributed by atoms with Gasteiger partial charge in [0.2, 0.25) is 5.91 Å². The molecule has 0 aliphatic carbocycles. The van der Waals surface area contributed by atoms with Crippen molar-refractivity contribution >= 4 is 23.2 Å². The number of aliphatic imine (C=N–C) groups is 1. The molecule has 0 spiro atoms. The summed E-state index contributed by atoms with van der Waals surface area (Å²) < 4.78 is 0. The summed E-state index contributed by atoms with van der Waals surface area (Å²) in [4.78, 5) is 22.9. The second-order valence-electron chi connectivity index (χ2n) is 6.15. The van der Waals surface area contributed by atoms with Crippen molar-refractivity contribution < 1.29 is 4.79 Å². The molecule has 1 aromatic heterocycles. The number of nitrogens with one attached hydrogen (secondary N) is 3. The van der Waals surface area contributed by atoms with E-state index in [2.05, 4.69) is 50.1 Å². The van der Waals surface area contributed by atoms with Gasteiger partial charge in [-0.1, -0.05) is 6.92 Å². The Bertz CT molecular complexity index is 565. The Morgan fingerprint density at radius 3 is 2.76 bits per heavy atom. The van der Waals surface area contributed by atoms with E-state index in [0.717, 1.165) is 55.6 Å². The highest BCUT2D eigenvalue weighted by atomic mass is 32.1. The Morgan fingerprint density at radius 2 is 2.16 bits per heavy atom. The minimum absolute atomic E-state index is 0.0796. The SMILES string of the molecule is CCNC(=NCc1csc(CC)n1)NC1CCN(CC(=O)NC)CC1. The van der Waals surface area contributed by atoms with Crippen molar-refractivity contribution in [2.24, 2.45) is 4.99 Å². The Hall–Kier alpha value is -1.67. The zero-order chi connectivity index (χ0) is 18.1. The lowest BCUT2D eigenvalue weighted by atomic mass is 10.1. The van der Waals surface area contributed by atoms with Crippen molar-refractivity contribution in [2.45, 2.75) is 45.7 Å². The van der Waals surface area contributed by atoms with Crippen LogP contribution in [0.4, 0.5) is 0 Å². The highest BCUT2D eigenvalue weighted by Crippen LogP contribution is 2.12. The van der Waals surface area contributed by atoms with Crippen LogP contribution in [0.1, 0.15) is 37.4 Å². The minimum atomic E-state index is 0.0796. The summed E-state index contributed by atoms with van der Waals surface area (Å²) in [6.07, 6.45) is 3.00. The molecule has 0 bridgehead atoms. The fourth-order valence-corrected chi connectivity index (χ4v) is 3.51. The third-order valence-electron chi connectivity index (χ3n) is 4.22.